The molecule has 0 aliphatic heterocycles. The van der Waals surface area contributed by atoms with Crippen LogP contribution < -0.4 is 0 Å². The molecule has 1 N–H and O–H groups in total. The summed E-state index contributed by atoms with van der Waals surface area (Å²) in [4.78, 5) is 11.7. The highest BCUT2D eigenvalue weighted by Gasteiger charge is 2.43. The fourth-order valence-corrected chi connectivity index (χ4v) is 3.04. The number of carboxylic acids is 1. The van der Waals surface area contributed by atoms with Gasteiger partial charge in [-0.1, -0.05) is 73.1 Å². The van der Waals surface area contributed by atoms with Gasteiger partial charge in [0.25, 0.3) is 0 Å². The van der Waals surface area contributed by atoms with E-state index in [9.17, 15) is 9.90 Å². The molecule has 0 rings (SSSR count). The van der Waals surface area contributed by atoms with Crippen LogP contribution in [0.5, 0.6) is 0 Å². The first-order chi connectivity index (χ1) is 8.39. The van der Waals surface area contributed by atoms with Crippen molar-refractivity contribution in [1.29, 1.82) is 0 Å². The second kappa shape index (κ2) is 8.55. The number of unbranched alkanes of at least 4 members (excludes halogenated alkanes) is 5. The predicted molar refractivity (Wildman–Crippen MR) is 77.7 cm³/mol. The molecule has 0 atom stereocenters. The van der Waals surface area contributed by atoms with Crippen LogP contribution in [0.25, 0.3) is 0 Å². The van der Waals surface area contributed by atoms with Crippen LogP contribution in [-0.4, -0.2) is 11.1 Å². The lowest BCUT2D eigenvalue weighted by atomic mass is 9.66. The first-order valence-electron chi connectivity index (χ1n) is 7.63. The van der Waals surface area contributed by atoms with Crippen LogP contribution in [0.2, 0.25) is 0 Å². The highest BCUT2D eigenvalue weighted by molar-refractivity contribution is 5.75. The molecule has 0 aliphatic carbocycles. The van der Waals surface area contributed by atoms with Crippen LogP contribution in [0.3, 0.4) is 0 Å². The van der Waals surface area contributed by atoms with Crippen molar-refractivity contribution in [2.75, 3.05) is 0 Å². The second-order valence-electron chi connectivity index (χ2n) is 6.17. The quantitative estimate of drug-likeness (QED) is 0.551. The average molecular weight is 256 g/mol. The topological polar surface area (TPSA) is 37.3 Å². The minimum atomic E-state index is -0.610. The van der Waals surface area contributed by atoms with Gasteiger partial charge in [0.2, 0.25) is 0 Å². The monoisotopic (exact) mass is 256 g/mol. The molecule has 0 aromatic carbocycles. The maximum atomic E-state index is 11.7. The third-order valence-corrected chi connectivity index (χ3v) is 4.40. The summed E-state index contributed by atoms with van der Waals surface area (Å²) in [6.07, 6.45) is 8.15. The second-order valence-corrected chi connectivity index (χ2v) is 6.17. The third kappa shape index (κ3) is 4.62. The van der Waals surface area contributed by atoms with Gasteiger partial charge in [-0.15, -0.1) is 0 Å². The molecule has 0 heterocycles. The van der Waals surface area contributed by atoms with Gasteiger partial charge >= 0.3 is 5.97 Å². The molecule has 0 aliphatic rings. The Morgan fingerprint density at radius 3 is 1.78 bits per heavy atom. The van der Waals surface area contributed by atoms with Crippen LogP contribution in [0.1, 0.15) is 79.6 Å². The minimum absolute atomic E-state index is 0.200. The molecular formula is C16H32O2. The highest BCUT2D eigenvalue weighted by Crippen LogP contribution is 2.41. The van der Waals surface area contributed by atoms with Gasteiger partial charge in [0.1, 0.15) is 0 Å². The van der Waals surface area contributed by atoms with Crippen molar-refractivity contribution in [1.82, 2.24) is 0 Å². The zero-order valence-electron chi connectivity index (χ0n) is 13.0. The lowest BCUT2D eigenvalue weighted by molar-refractivity contribution is -0.156. The zero-order chi connectivity index (χ0) is 14.2. The number of rotatable bonds is 10. The van der Waals surface area contributed by atoms with E-state index in [2.05, 4.69) is 6.92 Å². The SMILES string of the molecule is CCCCCCCCC(C(=O)O)(C(C)C)C(C)C. The first kappa shape index (κ1) is 17.5. The Kier molecular flexibility index (Phi) is 8.30. The van der Waals surface area contributed by atoms with E-state index in [4.69, 9.17) is 0 Å². The fourth-order valence-electron chi connectivity index (χ4n) is 3.04. The lowest BCUT2D eigenvalue weighted by Crippen LogP contribution is -2.41. The number of hydrogen-bond acceptors (Lipinski definition) is 1. The van der Waals surface area contributed by atoms with Gasteiger partial charge in [-0.25, -0.2) is 0 Å². The van der Waals surface area contributed by atoms with E-state index in [1.807, 2.05) is 27.7 Å². The number of carbonyl (C=O) groups is 1. The summed E-state index contributed by atoms with van der Waals surface area (Å²) in [6.45, 7) is 10.4. The lowest BCUT2D eigenvalue weighted by Gasteiger charge is -2.37. The van der Waals surface area contributed by atoms with Gasteiger partial charge in [0, 0.05) is 0 Å². The fraction of sp³-hybridized carbons (Fsp3) is 0.938. The van der Waals surface area contributed by atoms with Crippen molar-refractivity contribution >= 4 is 5.97 Å². The normalized spacial score (nSPS) is 12.4. The van der Waals surface area contributed by atoms with Crippen LogP contribution in [0.15, 0.2) is 0 Å². The summed E-state index contributed by atoms with van der Waals surface area (Å²) < 4.78 is 0. The third-order valence-electron chi connectivity index (χ3n) is 4.40. The van der Waals surface area contributed by atoms with Crippen molar-refractivity contribution < 1.29 is 9.90 Å². The molecule has 0 bridgehead atoms. The minimum Gasteiger partial charge on any atom is -0.481 e. The van der Waals surface area contributed by atoms with E-state index in [-0.39, 0.29) is 11.8 Å². The van der Waals surface area contributed by atoms with E-state index >= 15 is 0 Å². The molecule has 0 amide bonds. The summed E-state index contributed by atoms with van der Waals surface area (Å²) in [5.41, 5.74) is -0.537. The van der Waals surface area contributed by atoms with Crippen molar-refractivity contribution in [2.24, 2.45) is 17.3 Å². The van der Waals surface area contributed by atoms with Crippen molar-refractivity contribution in [3.63, 3.8) is 0 Å². The Labute approximate surface area is 113 Å². The van der Waals surface area contributed by atoms with E-state index in [0.29, 0.717) is 0 Å². The Morgan fingerprint density at radius 1 is 0.944 bits per heavy atom. The van der Waals surface area contributed by atoms with Gasteiger partial charge in [-0.2, -0.15) is 0 Å². The molecule has 0 aromatic rings. The highest BCUT2D eigenvalue weighted by atomic mass is 16.4. The standard InChI is InChI=1S/C16H32O2/c1-6-7-8-9-10-11-12-16(13(2)3,14(4)5)15(17)18/h13-14H,6-12H2,1-5H3,(H,17,18). The molecule has 2 nitrogen and oxygen atoms in total. The molecule has 0 fully saturated rings. The Bertz CT molecular complexity index is 223. The van der Waals surface area contributed by atoms with Crippen molar-refractivity contribution in [3.8, 4) is 0 Å². The number of hydrogen-bond donors (Lipinski definition) is 1. The summed E-state index contributed by atoms with van der Waals surface area (Å²) in [5, 5.41) is 9.61. The Morgan fingerprint density at radius 2 is 1.39 bits per heavy atom. The summed E-state index contributed by atoms with van der Waals surface area (Å²) in [5.74, 6) is -0.211. The largest absolute Gasteiger partial charge is 0.481 e. The van der Waals surface area contributed by atoms with Crippen LogP contribution in [0, 0.1) is 17.3 Å². The van der Waals surface area contributed by atoms with Gasteiger partial charge in [0.05, 0.1) is 5.41 Å². The molecule has 0 aromatic heterocycles. The Balaban J connectivity index is 4.30. The molecule has 0 unspecified atom stereocenters. The van der Waals surface area contributed by atoms with Crippen LogP contribution >= 0.6 is 0 Å². The van der Waals surface area contributed by atoms with Gasteiger partial charge < -0.3 is 5.11 Å². The zero-order valence-corrected chi connectivity index (χ0v) is 13.0. The van der Waals surface area contributed by atoms with Gasteiger partial charge in [-0.3, -0.25) is 4.79 Å². The maximum absolute atomic E-state index is 11.7. The molecule has 0 saturated heterocycles. The van der Waals surface area contributed by atoms with E-state index in [1.165, 1.54) is 32.1 Å². The summed E-state index contributed by atoms with van der Waals surface area (Å²) in [7, 11) is 0. The summed E-state index contributed by atoms with van der Waals surface area (Å²) >= 11 is 0. The molecule has 108 valence electrons. The maximum Gasteiger partial charge on any atom is 0.310 e. The Hall–Kier alpha value is -0.530. The van der Waals surface area contributed by atoms with Crippen molar-refractivity contribution in [3.05, 3.63) is 0 Å². The van der Waals surface area contributed by atoms with Gasteiger partial charge in [0.15, 0.2) is 0 Å². The molecule has 0 radical (unpaired) electrons. The van der Waals surface area contributed by atoms with E-state index in [0.717, 1.165) is 12.8 Å². The van der Waals surface area contributed by atoms with Crippen LogP contribution in [-0.2, 0) is 4.79 Å². The molecule has 2 heteroatoms. The number of carboxylic acid groups (broad SMARTS) is 1. The predicted octanol–water partition coefficient (Wildman–Crippen LogP) is 5.12. The molecule has 0 spiro atoms. The van der Waals surface area contributed by atoms with E-state index in [1.54, 1.807) is 0 Å². The van der Waals surface area contributed by atoms with Gasteiger partial charge in [-0.05, 0) is 18.3 Å². The van der Waals surface area contributed by atoms with Crippen LogP contribution in [0.4, 0.5) is 0 Å². The molecule has 0 saturated carbocycles. The number of aliphatic carboxylic acids is 1. The first-order valence-corrected chi connectivity index (χ1v) is 7.63. The average Bonchev–Trinajstić information content (AvgIpc) is 2.26. The molecule has 18 heavy (non-hydrogen) atoms. The van der Waals surface area contributed by atoms with E-state index < -0.39 is 11.4 Å². The smallest absolute Gasteiger partial charge is 0.310 e. The summed E-state index contributed by atoms with van der Waals surface area (Å²) in [6, 6.07) is 0. The van der Waals surface area contributed by atoms with Crippen molar-refractivity contribution in [2.45, 2.75) is 79.6 Å². The molecular weight excluding hydrogens is 224 g/mol.